The highest BCUT2D eigenvalue weighted by Crippen LogP contribution is 2.22. The summed E-state index contributed by atoms with van der Waals surface area (Å²) in [6, 6.07) is 7.70. The molecule has 138 valence electrons. The van der Waals surface area contributed by atoms with Crippen LogP contribution in [0.3, 0.4) is 0 Å². The van der Waals surface area contributed by atoms with E-state index in [1.807, 2.05) is 0 Å². The summed E-state index contributed by atoms with van der Waals surface area (Å²) in [7, 11) is 0. The summed E-state index contributed by atoms with van der Waals surface area (Å²) < 4.78 is 0. The van der Waals surface area contributed by atoms with E-state index in [0.29, 0.717) is 32.2 Å². The van der Waals surface area contributed by atoms with E-state index < -0.39 is 11.5 Å². The van der Waals surface area contributed by atoms with Gasteiger partial charge < -0.3 is 15.4 Å². The van der Waals surface area contributed by atoms with E-state index in [1.165, 1.54) is 12.1 Å². The fourth-order valence-corrected chi connectivity index (χ4v) is 3.05. The molecule has 3 N–H and O–H groups in total. The number of carboxylic acids is 1. The first kappa shape index (κ1) is 18.9. The molecular weight excluding hydrogens is 393 g/mol. The molecular formula is C18H13Cl2N3O4. The largest absolute Gasteiger partial charge is 0.477 e. The molecule has 0 aliphatic rings. The van der Waals surface area contributed by atoms with E-state index in [2.05, 4.69) is 15.3 Å². The van der Waals surface area contributed by atoms with Crippen LogP contribution in [0.15, 0.2) is 41.3 Å². The van der Waals surface area contributed by atoms with Crippen molar-refractivity contribution >= 4 is 46.0 Å². The lowest BCUT2D eigenvalue weighted by Gasteiger charge is -2.10. The van der Waals surface area contributed by atoms with E-state index in [1.54, 1.807) is 24.4 Å². The Morgan fingerprint density at radius 1 is 1.22 bits per heavy atom. The van der Waals surface area contributed by atoms with Gasteiger partial charge in [0, 0.05) is 23.2 Å². The predicted octanol–water partition coefficient (Wildman–Crippen LogP) is 2.79. The summed E-state index contributed by atoms with van der Waals surface area (Å²) in [6.45, 7) is 0.0860. The standard InChI is InChI=1S/C18H13Cl2N3O4/c19-11-4-9-6-12(18(26)27)17(25)23-16(9)10(5-11)8-22-15(24)7-14-13(20)2-1-3-21-14/h1-6H,7-8H2,(H,22,24)(H,23,25)(H,26,27). The summed E-state index contributed by atoms with van der Waals surface area (Å²) in [5.41, 5.74) is 0.291. The van der Waals surface area contributed by atoms with Crippen molar-refractivity contribution in [2.45, 2.75) is 13.0 Å². The van der Waals surface area contributed by atoms with Gasteiger partial charge in [-0.1, -0.05) is 23.2 Å². The monoisotopic (exact) mass is 405 g/mol. The van der Waals surface area contributed by atoms with Gasteiger partial charge in [-0.15, -0.1) is 0 Å². The van der Waals surface area contributed by atoms with Crippen molar-refractivity contribution in [3.8, 4) is 0 Å². The number of carboxylic acid groups (broad SMARTS) is 1. The lowest BCUT2D eigenvalue weighted by molar-refractivity contribution is -0.120. The van der Waals surface area contributed by atoms with Crippen molar-refractivity contribution in [3.05, 3.63) is 73.7 Å². The molecule has 0 saturated carbocycles. The van der Waals surface area contributed by atoms with Crippen LogP contribution in [-0.2, 0) is 17.8 Å². The van der Waals surface area contributed by atoms with Crippen LogP contribution >= 0.6 is 23.2 Å². The molecule has 0 atom stereocenters. The number of hydrogen-bond acceptors (Lipinski definition) is 4. The molecule has 2 heterocycles. The number of hydrogen-bond donors (Lipinski definition) is 3. The fourth-order valence-electron chi connectivity index (χ4n) is 2.61. The number of H-pyrrole nitrogens is 1. The number of aromatic carboxylic acids is 1. The molecule has 0 aliphatic carbocycles. The summed E-state index contributed by atoms with van der Waals surface area (Å²) in [4.78, 5) is 41.8. The number of amides is 1. The number of benzene rings is 1. The molecule has 0 bridgehead atoms. The summed E-state index contributed by atoms with van der Waals surface area (Å²) in [5, 5.41) is 13.0. The molecule has 0 unspecified atom stereocenters. The lowest BCUT2D eigenvalue weighted by Crippen LogP contribution is -2.25. The highest BCUT2D eigenvalue weighted by atomic mass is 35.5. The van der Waals surface area contributed by atoms with Crippen molar-refractivity contribution in [1.29, 1.82) is 0 Å². The highest BCUT2D eigenvalue weighted by Gasteiger charge is 2.14. The van der Waals surface area contributed by atoms with Gasteiger partial charge in [-0.05, 0) is 35.9 Å². The molecule has 2 aromatic heterocycles. The van der Waals surface area contributed by atoms with Crippen molar-refractivity contribution in [1.82, 2.24) is 15.3 Å². The number of carbonyl (C=O) groups is 2. The van der Waals surface area contributed by atoms with Crippen molar-refractivity contribution in [2.24, 2.45) is 0 Å². The average Bonchev–Trinajstić information content (AvgIpc) is 2.61. The number of fused-ring (bicyclic) bond motifs is 1. The normalized spacial score (nSPS) is 10.7. The van der Waals surface area contributed by atoms with Gasteiger partial charge in [0.25, 0.3) is 5.56 Å². The number of rotatable bonds is 5. The number of aromatic nitrogens is 2. The Morgan fingerprint density at radius 3 is 2.70 bits per heavy atom. The third kappa shape index (κ3) is 4.27. The maximum absolute atomic E-state index is 12.2. The second-order valence-corrected chi connectivity index (χ2v) is 6.58. The van der Waals surface area contributed by atoms with Crippen LogP contribution in [0.5, 0.6) is 0 Å². The minimum absolute atomic E-state index is 0.00213. The highest BCUT2D eigenvalue weighted by molar-refractivity contribution is 6.31. The van der Waals surface area contributed by atoms with E-state index in [0.717, 1.165) is 0 Å². The molecule has 0 fully saturated rings. The molecule has 0 spiro atoms. The Bertz CT molecular complexity index is 1110. The zero-order valence-electron chi connectivity index (χ0n) is 13.8. The third-order valence-corrected chi connectivity index (χ3v) is 4.43. The first-order chi connectivity index (χ1) is 12.8. The average molecular weight is 406 g/mol. The van der Waals surface area contributed by atoms with Gasteiger partial charge in [-0.25, -0.2) is 4.79 Å². The van der Waals surface area contributed by atoms with Crippen LogP contribution < -0.4 is 10.9 Å². The second-order valence-electron chi connectivity index (χ2n) is 5.73. The number of nitrogens with zero attached hydrogens (tertiary/aromatic N) is 1. The van der Waals surface area contributed by atoms with E-state index in [-0.39, 0.29) is 24.4 Å². The van der Waals surface area contributed by atoms with Gasteiger partial charge in [0.1, 0.15) is 5.56 Å². The Kier molecular flexibility index (Phi) is 5.43. The van der Waals surface area contributed by atoms with Gasteiger partial charge in [0.2, 0.25) is 5.91 Å². The Hall–Kier alpha value is -2.90. The molecule has 0 aliphatic heterocycles. The van der Waals surface area contributed by atoms with Gasteiger partial charge in [0.05, 0.1) is 22.7 Å². The molecule has 1 aromatic carbocycles. The Balaban J connectivity index is 1.85. The van der Waals surface area contributed by atoms with Crippen LogP contribution in [0.25, 0.3) is 10.9 Å². The van der Waals surface area contributed by atoms with Crippen LogP contribution in [0.2, 0.25) is 10.0 Å². The minimum atomic E-state index is -1.33. The van der Waals surface area contributed by atoms with Gasteiger partial charge in [-0.2, -0.15) is 0 Å². The maximum atomic E-state index is 12.2. The minimum Gasteiger partial charge on any atom is -0.477 e. The molecule has 0 saturated heterocycles. The van der Waals surface area contributed by atoms with E-state index in [9.17, 15) is 14.4 Å². The zero-order chi connectivity index (χ0) is 19.6. The van der Waals surface area contributed by atoms with Crippen LogP contribution in [0, 0.1) is 0 Å². The number of carbonyl (C=O) groups excluding carboxylic acids is 1. The predicted molar refractivity (Wildman–Crippen MR) is 101 cm³/mol. The number of aromatic amines is 1. The van der Waals surface area contributed by atoms with Gasteiger partial charge in [0.15, 0.2) is 0 Å². The third-order valence-electron chi connectivity index (χ3n) is 3.87. The van der Waals surface area contributed by atoms with E-state index >= 15 is 0 Å². The number of pyridine rings is 2. The SMILES string of the molecule is O=C(Cc1ncccc1Cl)NCc1cc(Cl)cc2cc(C(=O)O)c(=O)[nH]c12. The Morgan fingerprint density at radius 2 is 2.00 bits per heavy atom. The molecule has 7 nitrogen and oxygen atoms in total. The summed E-state index contributed by atoms with van der Waals surface area (Å²) in [6.07, 6.45) is 1.54. The maximum Gasteiger partial charge on any atom is 0.341 e. The Labute approximate surface area is 163 Å². The number of nitrogens with one attached hydrogen (secondary N) is 2. The molecule has 27 heavy (non-hydrogen) atoms. The van der Waals surface area contributed by atoms with Crippen LogP contribution in [-0.4, -0.2) is 27.0 Å². The molecule has 0 radical (unpaired) electrons. The summed E-state index contributed by atoms with van der Waals surface area (Å²) >= 11 is 12.1. The lowest BCUT2D eigenvalue weighted by atomic mass is 10.1. The van der Waals surface area contributed by atoms with Crippen LogP contribution in [0.1, 0.15) is 21.6 Å². The van der Waals surface area contributed by atoms with Crippen molar-refractivity contribution < 1.29 is 14.7 Å². The van der Waals surface area contributed by atoms with Crippen molar-refractivity contribution in [2.75, 3.05) is 0 Å². The topological polar surface area (TPSA) is 112 Å². The fraction of sp³-hybridized carbons (Fsp3) is 0.111. The quantitative estimate of drug-likeness (QED) is 0.603. The first-order valence-corrected chi connectivity index (χ1v) is 8.55. The smallest absolute Gasteiger partial charge is 0.341 e. The summed E-state index contributed by atoms with van der Waals surface area (Å²) in [5.74, 6) is -1.64. The molecule has 3 aromatic rings. The molecule has 9 heteroatoms. The van der Waals surface area contributed by atoms with Gasteiger partial charge in [-0.3, -0.25) is 14.6 Å². The van der Waals surface area contributed by atoms with Gasteiger partial charge >= 0.3 is 5.97 Å². The molecule has 3 rings (SSSR count). The first-order valence-electron chi connectivity index (χ1n) is 7.80. The van der Waals surface area contributed by atoms with Crippen LogP contribution in [0.4, 0.5) is 0 Å². The van der Waals surface area contributed by atoms with Crippen molar-refractivity contribution in [3.63, 3.8) is 0 Å². The second kappa shape index (κ2) is 7.77. The molecule has 1 amide bonds. The van der Waals surface area contributed by atoms with E-state index in [4.69, 9.17) is 28.3 Å². The number of halogens is 2. The zero-order valence-corrected chi connectivity index (χ0v) is 15.3.